The number of aryl methyl sites for hydroxylation is 1. The number of nitrogens with zero attached hydrogens (tertiary/aromatic N) is 3. The van der Waals surface area contributed by atoms with E-state index in [2.05, 4.69) is 16.5 Å². The van der Waals surface area contributed by atoms with Crippen LogP contribution in [0.5, 0.6) is 0 Å². The Labute approximate surface area is 141 Å². The van der Waals surface area contributed by atoms with Gasteiger partial charge in [-0.1, -0.05) is 18.2 Å². The van der Waals surface area contributed by atoms with Gasteiger partial charge in [0.25, 0.3) is 0 Å². The number of rotatable bonds is 3. The molecule has 0 radical (unpaired) electrons. The number of hydrogen-bond acceptors (Lipinski definition) is 3. The van der Waals surface area contributed by atoms with Crippen molar-refractivity contribution in [3.05, 3.63) is 41.7 Å². The quantitative estimate of drug-likeness (QED) is 0.943. The first kappa shape index (κ1) is 15.2. The predicted molar refractivity (Wildman–Crippen MR) is 92.5 cm³/mol. The number of fused-ring (bicyclic) bond motifs is 1. The number of aromatic nitrogens is 2. The smallest absolute Gasteiger partial charge is 0.326 e. The van der Waals surface area contributed by atoms with Gasteiger partial charge < -0.3 is 10.1 Å². The van der Waals surface area contributed by atoms with E-state index in [-0.39, 0.29) is 12.1 Å². The van der Waals surface area contributed by atoms with Gasteiger partial charge in [0.15, 0.2) is 0 Å². The number of para-hydroxylation sites is 1. The van der Waals surface area contributed by atoms with E-state index in [1.165, 1.54) is 0 Å². The molecule has 6 nitrogen and oxygen atoms in total. The molecule has 0 saturated heterocycles. The van der Waals surface area contributed by atoms with Crippen LogP contribution < -0.4 is 10.2 Å². The maximum atomic E-state index is 12.9. The van der Waals surface area contributed by atoms with Crippen molar-refractivity contribution in [2.45, 2.75) is 31.3 Å². The minimum atomic E-state index is -0.126. The summed E-state index contributed by atoms with van der Waals surface area (Å²) in [5, 5.41) is 7.56. The number of carbonyl (C=O) groups is 1. The van der Waals surface area contributed by atoms with E-state index in [1.807, 2.05) is 31.4 Å². The van der Waals surface area contributed by atoms with E-state index in [4.69, 9.17) is 4.74 Å². The molecule has 1 N–H and O–H groups in total. The zero-order valence-corrected chi connectivity index (χ0v) is 14.0. The first-order valence-electron chi connectivity index (χ1n) is 8.38. The molecule has 6 heteroatoms. The SMILES string of the molecule is COC1Cc2ccccc2N(C(=O)Nc2cn(C)nc2C2CC2)C1. The lowest BCUT2D eigenvalue weighted by Gasteiger charge is -2.33. The van der Waals surface area contributed by atoms with E-state index in [9.17, 15) is 4.79 Å². The van der Waals surface area contributed by atoms with Gasteiger partial charge in [-0.05, 0) is 24.5 Å². The molecule has 1 saturated carbocycles. The van der Waals surface area contributed by atoms with Crippen LogP contribution in [0, 0.1) is 0 Å². The third-order valence-electron chi connectivity index (χ3n) is 4.76. The highest BCUT2D eigenvalue weighted by Crippen LogP contribution is 2.42. The summed E-state index contributed by atoms with van der Waals surface area (Å²) in [5.41, 5.74) is 3.92. The first-order chi connectivity index (χ1) is 11.7. The molecule has 2 heterocycles. The average molecular weight is 326 g/mol. The largest absolute Gasteiger partial charge is 0.379 e. The van der Waals surface area contributed by atoms with Crippen LogP contribution in [0.3, 0.4) is 0 Å². The molecule has 1 aromatic heterocycles. The Morgan fingerprint density at radius 2 is 2.12 bits per heavy atom. The summed E-state index contributed by atoms with van der Waals surface area (Å²) in [4.78, 5) is 14.7. The maximum Gasteiger partial charge on any atom is 0.326 e. The molecule has 2 amide bonds. The van der Waals surface area contributed by atoms with E-state index in [0.29, 0.717) is 12.5 Å². The minimum Gasteiger partial charge on any atom is -0.379 e. The van der Waals surface area contributed by atoms with Crippen molar-refractivity contribution in [1.82, 2.24) is 9.78 Å². The van der Waals surface area contributed by atoms with Gasteiger partial charge >= 0.3 is 6.03 Å². The lowest BCUT2D eigenvalue weighted by atomic mass is 10.00. The number of ether oxygens (including phenoxy) is 1. The molecule has 24 heavy (non-hydrogen) atoms. The van der Waals surface area contributed by atoms with E-state index in [1.54, 1.807) is 16.7 Å². The summed E-state index contributed by atoms with van der Waals surface area (Å²) in [5.74, 6) is 0.488. The van der Waals surface area contributed by atoms with Crippen molar-refractivity contribution < 1.29 is 9.53 Å². The van der Waals surface area contributed by atoms with Crippen LogP contribution in [0.15, 0.2) is 30.5 Å². The third-order valence-corrected chi connectivity index (χ3v) is 4.76. The van der Waals surface area contributed by atoms with Crippen molar-refractivity contribution >= 4 is 17.4 Å². The molecule has 2 aromatic rings. The van der Waals surface area contributed by atoms with Crippen molar-refractivity contribution in [2.24, 2.45) is 7.05 Å². The van der Waals surface area contributed by atoms with Crippen LogP contribution in [0.4, 0.5) is 16.2 Å². The number of carbonyl (C=O) groups excluding carboxylic acids is 1. The molecule has 0 bridgehead atoms. The fourth-order valence-electron chi connectivity index (χ4n) is 3.35. The summed E-state index contributed by atoms with van der Waals surface area (Å²) in [6, 6.07) is 7.89. The monoisotopic (exact) mass is 326 g/mol. The van der Waals surface area contributed by atoms with Crippen molar-refractivity contribution in [1.29, 1.82) is 0 Å². The molecule has 1 aromatic carbocycles. The van der Waals surface area contributed by atoms with Gasteiger partial charge in [0.1, 0.15) is 0 Å². The summed E-state index contributed by atoms with van der Waals surface area (Å²) in [6.07, 6.45) is 5.03. The molecule has 1 atom stereocenters. The Morgan fingerprint density at radius 3 is 2.88 bits per heavy atom. The number of urea groups is 1. The molecule has 0 spiro atoms. The fraction of sp³-hybridized carbons (Fsp3) is 0.444. The highest BCUT2D eigenvalue weighted by Gasteiger charge is 2.32. The Hall–Kier alpha value is -2.34. The summed E-state index contributed by atoms with van der Waals surface area (Å²) >= 11 is 0. The predicted octanol–water partition coefficient (Wildman–Crippen LogP) is 2.91. The summed E-state index contributed by atoms with van der Waals surface area (Å²) in [7, 11) is 3.58. The Kier molecular flexibility index (Phi) is 3.76. The van der Waals surface area contributed by atoms with Gasteiger partial charge in [-0.2, -0.15) is 5.10 Å². The van der Waals surface area contributed by atoms with Gasteiger partial charge in [0.2, 0.25) is 0 Å². The number of anilines is 2. The maximum absolute atomic E-state index is 12.9. The minimum absolute atomic E-state index is 0.0162. The fourth-order valence-corrected chi connectivity index (χ4v) is 3.35. The number of methoxy groups -OCH3 is 1. The van der Waals surface area contributed by atoms with Crippen molar-refractivity contribution in [3.8, 4) is 0 Å². The summed E-state index contributed by atoms with van der Waals surface area (Å²) in [6.45, 7) is 0.554. The molecule has 2 aliphatic rings. The second-order valence-corrected chi connectivity index (χ2v) is 6.61. The topological polar surface area (TPSA) is 59.4 Å². The zero-order chi connectivity index (χ0) is 16.7. The molecule has 4 rings (SSSR count). The highest BCUT2D eigenvalue weighted by molar-refractivity contribution is 6.03. The summed E-state index contributed by atoms with van der Waals surface area (Å²) < 4.78 is 7.29. The van der Waals surface area contributed by atoms with Gasteiger partial charge in [0, 0.05) is 38.4 Å². The van der Waals surface area contributed by atoms with E-state index in [0.717, 1.165) is 41.9 Å². The van der Waals surface area contributed by atoms with Crippen molar-refractivity contribution in [3.63, 3.8) is 0 Å². The van der Waals surface area contributed by atoms with Crippen LogP contribution in [-0.2, 0) is 18.2 Å². The van der Waals surface area contributed by atoms with Crippen LogP contribution in [0.25, 0.3) is 0 Å². The lowest BCUT2D eigenvalue weighted by Crippen LogP contribution is -2.45. The normalized spacial score (nSPS) is 19.9. The van der Waals surface area contributed by atoms with Gasteiger partial charge in [-0.3, -0.25) is 9.58 Å². The van der Waals surface area contributed by atoms with E-state index >= 15 is 0 Å². The van der Waals surface area contributed by atoms with Gasteiger partial charge in [-0.15, -0.1) is 0 Å². The molecule has 1 aliphatic carbocycles. The number of hydrogen-bond donors (Lipinski definition) is 1. The van der Waals surface area contributed by atoms with Gasteiger partial charge in [0.05, 0.1) is 24.0 Å². The Balaban J connectivity index is 1.60. The van der Waals surface area contributed by atoms with Gasteiger partial charge in [-0.25, -0.2) is 4.79 Å². The average Bonchev–Trinajstić information content (AvgIpc) is 3.37. The zero-order valence-electron chi connectivity index (χ0n) is 14.0. The standard InChI is InChI=1S/C18H22N4O2/c1-21-11-15(17(20-21)12-7-8-12)19-18(23)22-10-14(24-2)9-13-5-3-4-6-16(13)22/h3-6,11-12,14H,7-10H2,1-2H3,(H,19,23). The van der Waals surface area contributed by atoms with Crippen molar-refractivity contribution in [2.75, 3.05) is 23.9 Å². The molecular weight excluding hydrogens is 304 g/mol. The van der Waals surface area contributed by atoms with Crippen LogP contribution in [0.1, 0.15) is 30.0 Å². The van der Waals surface area contributed by atoms with Crippen LogP contribution in [-0.4, -0.2) is 35.6 Å². The molecule has 126 valence electrons. The Morgan fingerprint density at radius 1 is 1.33 bits per heavy atom. The molecule has 1 unspecified atom stereocenters. The second kappa shape index (κ2) is 5.94. The number of benzene rings is 1. The number of amides is 2. The number of nitrogens with one attached hydrogen (secondary N) is 1. The lowest BCUT2D eigenvalue weighted by molar-refractivity contribution is 0.106. The first-order valence-corrected chi connectivity index (χ1v) is 8.38. The third kappa shape index (κ3) is 2.78. The molecule has 1 fully saturated rings. The molecular formula is C18H22N4O2. The van der Waals surface area contributed by atoms with Crippen LogP contribution >= 0.6 is 0 Å². The van der Waals surface area contributed by atoms with E-state index < -0.39 is 0 Å². The molecule has 1 aliphatic heterocycles. The second-order valence-electron chi connectivity index (χ2n) is 6.61. The highest BCUT2D eigenvalue weighted by atomic mass is 16.5. The Bertz CT molecular complexity index is 766. The van der Waals surface area contributed by atoms with Crippen LogP contribution in [0.2, 0.25) is 0 Å².